The van der Waals surface area contributed by atoms with Crippen molar-refractivity contribution in [2.24, 2.45) is 0 Å². The summed E-state index contributed by atoms with van der Waals surface area (Å²) >= 11 is 8.62. The van der Waals surface area contributed by atoms with Crippen LogP contribution in [-0.2, 0) is 5.88 Å². The maximum absolute atomic E-state index is 10.8. The Morgan fingerprint density at radius 2 is 2.30 bits per heavy atom. The summed E-state index contributed by atoms with van der Waals surface area (Å²) in [7, 11) is 0. The van der Waals surface area contributed by atoms with Gasteiger partial charge in [0.15, 0.2) is 5.43 Å². The molecule has 0 aliphatic heterocycles. The molecule has 1 aromatic rings. The average Bonchev–Trinajstić information content (AvgIpc) is 1.85. The molecule has 0 spiro atoms. The number of aromatic amines is 1. The second kappa shape index (κ2) is 3.21. The Balaban J connectivity index is 3.19. The van der Waals surface area contributed by atoms with E-state index >= 15 is 0 Å². The van der Waals surface area contributed by atoms with Gasteiger partial charge in [-0.3, -0.25) is 4.79 Å². The molecule has 1 heterocycles. The first-order valence-corrected chi connectivity index (χ1v) is 4.00. The number of rotatable bonds is 1. The number of H-pyrrole nitrogens is 1. The number of nitrogens with one attached hydrogen (secondary N) is 1. The van der Waals surface area contributed by atoms with E-state index in [4.69, 9.17) is 11.6 Å². The molecule has 0 unspecified atom stereocenters. The number of pyridine rings is 1. The van der Waals surface area contributed by atoms with Gasteiger partial charge in [-0.25, -0.2) is 0 Å². The second-order valence-corrected chi connectivity index (χ2v) is 2.94. The minimum absolute atomic E-state index is 0.0405. The molecule has 0 fully saturated rings. The topological polar surface area (TPSA) is 32.9 Å². The van der Waals surface area contributed by atoms with E-state index in [1.54, 1.807) is 0 Å². The van der Waals surface area contributed by atoms with E-state index < -0.39 is 0 Å². The third-order valence-corrected chi connectivity index (χ3v) is 1.72. The van der Waals surface area contributed by atoms with Gasteiger partial charge in [-0.1, -0.05) is 0 Å². The summed E-state index contributed by atoms with van der Waals surface area (Å²) in [6.45, 7) is 0. The summed E-state index contributed by atoms with van der Waals surface area (Å²) < 4.78 is 0.663. The smallest absolute Gasteiger partial charge is 0.183 e. The van der Waals surface area contributed by atoms with Crippen molar-refractivity contribution < 1.29 is 0 Å². The number of alkyl halides is 1. The molecule has 54 valence electrons. The number of halogens is 2. The van der Waals surface area contributed by atoms with Crippen LogP contribution in [0.4, 0.5) is 0 Å². The summed E-state index contributed by atoms with van der Waals surface area (Å²) in [5.41, 5.74) is 0.683. The molecule has 1 rings (SSSR count). The molecule has 0 bridgehead atoms. The molecule has 2 nitrogen and oxygen atoms in total. The van der Waals surface area contributed by atoms with Crippen molar-refractivity contribution in [2.45, 2.75) is 5.88 Å². The molecule has 0 amide bonds. The first kappa shape index (κ1) is 7.82. The van der Waals surface area contributed by atoms with Crippen molar-refractivity contribution >= 4 is 27.5 Å². The van der Waals surface area contributed by atoms with Gasteiger partial charge in [-0.2, -0.15) is 0 Å². The van der Waals surface area contributed by atoms with Crippen LogP contribution in [0.15, 0.2) is 21.5 Å². The van der Waals surface area contributed by atoms with Gasteiger partial charge in [0.1, 0.15) is 0 Å². The summed E-state index contributed by atoms with van der Waals surface area (Å²) in [5.74, 6) is 0.328. The van der Waals surface area contributed by atoms with E-state index in [-0.39, 0.29) is 5.43 Å². The molecular formula is C6H5BrClNO. The largest absolute Gasteiger partial charge is 0.352 e. The molecule has 0 aliphatic carbocycles. The van der Waals surface area contributed by atoms with E-state index in [0.717, 1.165) is 5.69 Å². The lowest BCUT2D eigenvalue weighted by Crippen LogP contribution is -2.00. The van der Waals surface area contributed by atoms with E-state index in [2.05, 4.69) is 20.9 Å². The highest BCUT2D eigenvalue weighted by Crippen LogP contribution is 2.04. The minimum Gasteiger partial charge on any atom is -0.352 e. The highest BCUT2D eigenvalue weighted by Gasteiger charge is 1.93. The third kappa shape index (κ3) is 1.85. The van der Waals surface area contributed by atoms with Gasteiger partial charge < -0.3 is 4.98 Å². The Kier molecular flexibility index (Phi) is 2.51. The zero-order valence-electron chi connectivity index (χ0n) is 5.03. The minimum atomic E-state index is -0.0405. The fourth-order valence-electron chi connectivity index (χ4n) is 0.636. The van der Waals surface area contributed by atoms with E-state index in [1.165, 1.54) is 12.1 Å². The van der Waals surface area contributed by atoms with E-state index in [1.807, 2.05) is 0 Å². The maximum atomic E-state index is 10.8. The lowest BCUT2D eigenvalue weighted by atomic mass is 10.4. The van der Waals surface area contributed by atoms with E-state index in [0.29, 0.717) is 10.5 Å². The van der Waals surface area contributed by atoms with Gasteiger partial charge in [-0.15, -0.1) is 11.6 Å². The SMILES string of the molecule is O=c1cc(Br)[nH]c(CCl)c1. The molecule has 1 N–H and O–H groups in total. The maximum Gasteiger partial charge on any atom is 0.183 e. The lowest BCUT2D eigenvalue weighted by molar-refractivity contribution is 1.13. The van der Waals surface area contributed by atoms with Crippen molar-refractivity contribution in [2.75, 3.05) is 0 Å². The zero-order valence-corrected chi connectivity index (χ0v) is 7.37. The Morgan fingerprint density at radius 3 is 2.80 bits per heavy atom. The molecular weight excluding hydrogens is 217 g/mol. The molecule has 10 heavy (non-hydrogen) atoms. The summed E-state index contributed by atoms with van der Waals surface area (Å²) in [6, 6.07) is 2.92. The van der Waals surface area contributed by atoms with Crippen LogP contribution in [0.2, 0.25) is 0 Å². The monoisotopic (exact) mass is 221 g/mol. The average molecular weight is 222 g/mol. The Morgan fingerprint density at radius 1 is 1.60 bits per heavy atom. The predicted molar refractivity (Wildman–Crippen MR) is 44.3 cm³/mol. The molecule has 0 saturated carbocycles. The van der Waals surface area contributed by atoms with Crippen molar-refractivity contribution in [3.8, 4) is 0 Å². The zero-order chi connectivity index (χ0) is 7.56. The second-order valence-electron chi connectivity index (χ2n) is 1.82. The normalized spacial score (nSPS) is 9.80. The molecule has 4 heteroatoms. The first-order chi connectivity index (χ1) is 4.72. The van der Waals surface area contributed by atoms with Crippen LogP contribution in [0.5, 0.6) is 0 Å². The molecule has 0 atom stereocenters. The van der Waals surface area contributed by atoms with Crippen LogP contribution in [0, 0.1) is 0 Å². The fraction of sp³-hybridized carbons (Fsp3) is 0.167. The number of hydrogen-bond donors (Lipinski definition) is 1. The molecule has 0 saturated heterocycles. The van der Waals surface area contributed by atoms with Crippen molar-refractivity contribution in [1.82, 2.24) is 4.98 Å². The van der Waals surface area contributed by atoms with Gasteiger partial charge in [0, 0.05) is 17.8 Å². The Hall–Kier alpha value is -0.280. The quantitative estimate of drug-likeness (QED) is 0.571. The molecule has 0 aliphatic rings. The van der Waals surface area contributed by atoms with Crippen LogP contribution in [0.3, 0.4) is 0 Å². The number of aromatic nitrogens is 1. The predicted octanol–water partition coefficient (Wildman–Crippen LogP) is 1.88. The molecule has 1 aromatic heterocycles. The lowest BCUT2D eigenvalue weighted by Gasteiger charge is -1.94. The highest BCUT2D eigenvalue weighted by molar-refractivity contribution is 9.10. The van der Waals surface area contributed by atoms with Gasteiger partial charge in [0.25, 0.3) is 0 Å². The van der Waals surface area contributed by atoms with Crippen molar-refractivity contribution in [3.63, 3.8) is 0 Å². The molecule has 0 radical (unpaired) electrons. The summed E-state index contributed by atoms with van der Waals surface area (Å²) in [5, 5.41) is 0. The standard InChI is InChI=1S/C6H5BrClNO/c7-6-2-5(10)1-4(3-8)9-6/h1-2H,3H2,(H,9,10). The van der Waals surface area contributed by atoms with Crippen LogP contribution in [-0.4, -0.2) is 4.98 Å². The van der Waals surface area contributed by atoms with Crippen LogP contribution in [0.1, 0.15) is 5.69 Å². The third-order valence-electron chi connectivity index (χ3n) is 1.01. The number of hydrogen-bond acceptors (Lipinski definition) is 1. The Labute approximate surface area is 71.3 Å². The van der Waals surface area contributed by atoms with Gasteiger partial charge in [0.05, 0.1) is 10.5 Å². The van der Waals surface area contributed by atoms with Gasteiger partial charge >= 0.3 is 0 Å². The van der Waals surface area contributed by atoms with Crippen molar-refractivity contribution in [3.05, 3.63) is 32.7 Å². The van der Waals surface area contributed by atoms with Crippen LogP contribution >= 0.6 is 27.5 Å². The van der Waals surface area contributed by atoms with Crippen molar-refractivity contribution in [1.29, 1.82) is 0 Å². The fourth-order valence-corrected chi connectivity index (χ4v) is 1.26. The highest BCUT2D eigenvalue weighted by atomic mass is 79.9. The van der Waals surface area contributed by atoms with Gasteiger partial charge in [-0.05, 0) is 15.9 Å². The van der Waals surface area contributed by atoms with Crippen LogP contribution < -0.4 is 5.43 Å². The van der Waals surface area contributed by atoms with Crippen LogP contribution in [0.25, 0.3) is 0 Å². The summed E-state index contributed by atoms with van der Waals surface area (Å²) in [6.07, 6.45) is 0. The Bertz CT molecular complexity index is 283. The van der Waals surface area contributed by atoms with Gasteiger partial charge in [0.2, 0.25) is 0 Å². The van der Waals surface area contributed by atoms with E-state index in [9.17, 15) is 4.79 Å². The summed E-state index contributed by atoms with van der Waals surface area (Å²) in [4.78, 5) is 13.6. The molecule has 0 aromatic carbocycles. The first-order valence-electron chi connectivity index (χ1n) is 2.67.